The summed E-state index contributed by atoms with van der Waals surface area (Å²) in [6, 6.07) is 4.03. The van der Waals surface area contributed by atoms with Crippen LogP contribution in [0.3, 0.4) is 0 Å². The van der Waals surface area contributed by atoms with Gasteiger partial charge in [-0.2, -0.15) is 4.37 Å². The zero-order valence-corrected chi connectivity index (χ0v) is 12.1. The first-order valence-electron chi connectivity index (χ1n) is 6.13. The summed E-state index contributed by atoms with van der Waals surface area (Å²) >= 11 is 1.31. The minimum absolute atomic E-state index is 0.0697. The van der Waals surface area contributed by atoms with Gasteiger partial charge in [0.1, 0.15) is 0 Å². The smallest absolute Gasteiger partial charge is 0.197 e. The highest BCUT2D eigenvalue weighted by Gasteiger charge is 2.14. The second-order valence-electron chi connectivity index (χ2n) is 4.55. The number of pyridine rings is 1. The molecule has 2 aromatic heterocycles. The molecule has 2 rings (SSSR count). The SMILES string of the molecule is Cc1ccc(CNc2snc(N)c2OC(C)C)cn1. The molecule has 0 saturated carbocycles. The van der Waals surface area contributed by atoms with Crippen LogP contribution >= 0.6 is 11.5 Å². The molecule has 0 radical (unpaired) electrons. The highest BCUT2D eigenvalue weighted by molar-refractivity contribution is 7.11. The minimum Gasteiger partial charge on any atom is -0.484 e. The molecule has 0 fully saturated rings. The van der Waals surface area contributed by atoms with E-state index in [1.54, 1.807) is 0 Å². The van der Waals surface area contributed by atoms with Crippen molar-refractivity contribution < 1.29 is 4.74 Å². The number of anilines is 2. The van der Waals surface area contributed by atoms with E-state index in [9.17, 15) is 0 Å². The number of nitrogens with one attached hydrogen (secondary N) is 1. The van der Waals surface area contributed by atoms with Gasteiger partial charge in [-0.1, -0.05) is 6.07 Å². The van der Waals surface area contributed by atoms with E-state index in [4.69, 9.17) is 10.5 Å². The van der Waals surface area contributed by atoms with Gasteiger partial charge in [-0.25, -0.2) is 0 Å². The van der Waals surface area contributed by atoms with Gasteiger partial charge in [0, 0.05) is 18.4 Å². The Morgan fingerprint density at radius 2 is 2.21 bits per heavy atom. The lowest BCUT2D eigenvalue weighted by Gasteiger charge is -2.11. The molecule has 0 bridgehead atoms. The Balaban J connectivity index is 2.05. The third kappa shape index (κ3) is 3.57. The number of ether oxygens (including phenoxy) is 1. The van der Waals surface area contributed by atoms with Crippen LogP contribution in [0.2, 0.25) is 0 Å². The van der Waals surface area contributed by atoms with Crippen molar-refractivity contribution in [2.75, 3.05) is 11.1 Å². The highest BCUT2D eigenvalue weighted by atomic mass is 32.1. The summed E-state index contributed by atoms with van der Waals surface area (Å²) in [4.78, 5) is 4.26. The Hall–Kier alpha value is -1.82. The molecule has 0 saturated heterocycles. The van der Waals surface area contributed by atoms with Gasteiger partial charge in [-0.15, -0.1) is 0 Å². The molecule has 2 aromatic rings. The summed E-state index contributed by atoms with van der Waals surface area (Å²) < 4.78 is 9.78. The van der Waals surface area contributed by atoms with Gasteiger partial charge < -0.3 is 15.8 Å². The third-order valence-corrected chi connectivity index (χ3v) is 3.25. The number of hydrogen-bond acceptors (Lipinski definition) is 6. The molecule has 19 heavy (non-hydrogen) atoms. The molecule has 0 aliphatic heterocycles. The minimum atomic E-state index is 0.0697. The van der Waals surface area contributed by atoms with E-state index in [0.29, 0.717) is 18.1 Å². The first-order chi connectivity index (χ1) is 9.06. The van der Waals surface area contributed by atoms with Crippen molar-refractivity contribution in [3.05, 3.63) is 29.6 Å². The lowest BCUT2D eigenvalue weighted by molar-refractivity contribution is 0.245. The Morgan fingerprint density at radius 3 is 2.84 bits per heavy atom. The summed E-state index contributed by atoms with van der Waals surface area (Å²) in [7, 11) is 0. The van der Waals surface area contributed by atoms with Crippen LogP contribution < -0.4 is 15.8 Å². The first kappa shape index (κ1) is 13.6. The number of nitrogens with zero attached hydrogens (tertiary/aromatic N) is 2. The molecule has 0 aromatic carbocycles. The number of hydrogen-bond donors (Lipinski definition) is 2. The lowest BCUT2D eigenvalue weighted by Crippen LogP contribution is -2.08. The van der Waals surface area contributed by atoms with Crippen LogP contribution in [0, 0.1) is 6.92 Å². The molecule has 102 valence electrons. The Labute approximate surface area is 117 Å². The Kier molecular flexibility index (Phi) is 4.21. The quantitative estimate of drug-likeness (QED) is 0.879. The molecule has 0 spiro atoms. The van der Waals surface area contributed by atoms with Crippen molar-refractivity contribution in [1.82, 2.24) is 9.36 Å². The number of nitrogen functional groups attached to an aromatic ring is 1. The average Bonchev–Trinajstić information content (AvgIpc) is 2.70. The summed E-state index contributed by atoms with van der Waals surface area (Å²) in [5.74, 6) is 1.07. The molecule has 0 unspecified atom stereocenters. The van der Waals surface area contributed by atoms with Crippen LogP contribution in [0.5, 0.6) is 5.75 Å². The summed E-state index contributed by atoms with van der Waals surface area (Å²) in [6.45, 7) is 6.56. The molecule has 0 aliphatic carbocycles. The summed E-state index contributed by atoms with van der Waals surface area (Å²) in [5.41, 5.74) is 7.91. The fraction of sp³-hybridized carbons (Fsp3) is 0.385. The van der Waals surface area contributed by atoms with Crippen LogP contribution in [0.4, 0.5) is 10.8 Å². The van der Waals surface area contributed by atoms with Gasteiger partial charge in [-0.3, -0.25) is 4.98 Å². The van der Waals surface area contributed by atoms with Crippen molar-refractivity contribution in [3.63, 3.8) is 0 Å². The van der Waals surface area contributed by atoms with E-state index in [-0.39, 0.29) is 6.10 Å². The zero-order chi connectivity index (χ0) is 13.8. The standard InChI is InChI=1S/C13H18N4OS/c1-8(2)18-11-12(14)17-19-13(11)16-7-10-5-4-9(3)15-6-10/h4-6,8,16H,7H2,1-3H3,(H2,14,17). The number of aromatic nitrogens is 2. The van der Waals surface area contributed by atoms with Crippen molar-refractivity contribution in [3.8, 4) is 5.75 Å². The van der Waals surface area contributed by atoms with Crippen LogP contribution in [0.1, 0.15) is 25.1 Å². The van der Waals surface area contributed by atoms with Crippen molar-refractivity contribution >= 4 is 22.4 Å². The van der Waals surface area contributed by atoms with Crippen molar-refractivity contribution in [1.29, 1.82) is 0 Å². The molecule has 3 N–H and O–H groups in total. The van der Waals surface area contributed by atoms with E-state index in [1.165, 1.54) is 11.5 Å². The van der Waals surface area contributed by atoms with E-state index in [1.807, 2.05) is 39.1 Å². The first-order valence-corrected chi connectivity index (χ1v) is 6.91. The highest BCUT2D eigenvalue weighted by Crippen LogP contribution is 2.36. The molecule has 2 heterocycles. The van der Waals surface area contributed by atoms with Gasteiger partial charge in [0.25, 0.3) is 0 Å². The fourth-order valence-corrected chi connectivity index (χ4v) is 2.19. The Morgan fingerprint density at radius 1 is 1.42 bits per heavy atom. The molecular weight excluding hydrogens is 260 g/mol. The second-order valence-corrected chi connectivity index (χ2v) is 5.33. The molecular formula is C13H18N4OS. The van der Waals surface area contributed by atoms with Crippen molar-refractivity contribution in [2.24, 2.45) is 0 Å². The van der Waals surface area contributed by atoms with E-state index < -0.39 is 0 Å². The molecule has 6 heteroatoms. The maximum Gasteiger partial charge on any atom is 0.197 e. The molecule has 0 atom stereocenters. The van der Waals surface area contributed by atoms with E-state index >= 15 is 0 Å². The predicted octanol–water partition coefficient (Wildman–Crippen LogP) is 2.83. The molecule has 0 aliphatic rings. The normalized spacial score (nSPS) is 10.7. The Bertz CT molecular complexity index is 536. The monoisotopic (exact) mass is 278 g/mol. The lowest BCUT2D eigenvalue weighted by atomic mass is 10.2. The van der Waals surface area contributed by atoms with Gasteiger partial charge in [0.15, 0.2) is 16.6 Å². The maximum atomic E-state index is 5.80. The van der Waals surface area contributed by atoms with Gasteiger partial charge in [-0.05, 0) is 43.9 Å². The number of rotatable bonds is 5. The summed E-state index contributed by atoms with van der Waals surface area (Å²) in [6.07, 6.45) is 1.93. The van der Waals surface area contributed by atoms with E-state index in [0.717, 1.165) is 16.3 Å². The molecule has 5 nitrogen and oxygen atoms in total. The fourth-order valence-electron chi connectivity index (χ4n) is 1.54. The largest absolute Gasteiger partial charge is 0.484 e. The topological polar surface area (TPSA) is 73.1 Å². The van der Waals surface area contributed by atoms with Crippen molar-refractivity contribution in [2.45, 2.75) is 33.4 Å². The van der Waals surface area contributed by atoms with Gasteiger partial charge >= 0.3 is 0 Å². The van der Waals surface area contributed by atoms with Crippen LogP contribution in [-0.2, 0) is 6.54 Å². The maximum absolute atomic E-state index is 5.80. The third-order valence-electron chi connectivity index (χ3n) is 2.45. The van der Waals surface area contributed by atoms with Crippen LogP contribution in [0.25, 0.3) is 0 Å². The zero-order valence-electron chi connectivity index (χ0n) is 11.3. The van der Waals surface area contributed by atoms with Gasteiger partial charge in [0.2, 0.25) is 0 Å². The molecule has 0 amide bonds. The summed E-state index contributed by atoms with van der Waals surface area (Å²) in [5, 5.41) is 4.14. The number of aryl methyl sites for hydroxylation is 1. The van der Waals surface area contributed by atoms with Crippen LogP contribution in [-0.4, -0.2) is 15.5 Å². The van der Waals surface area contributed by atoms with Gasteiger partial charge in [0.05, 0.1) is 6.10 Å². The second kappa shape index (κ2) is 5.88. The van der Waals surface area contributed by atoms with Crippen LogP contribution in [0.15, 0.2) is 18.3 Å². The van der Waals surface area contributed by atoms with E-state index in [2.05, 4.69) is 14.7 Å². The average molecular weight is 278 g/mol. The predicted molar refractivity (Wildman–Crippen MR) is 78.6 cm³/mol. The number of nitrogens with two attached hydrogens (primary N) is 1.